The van der Waals surface area contributed by atoms with Crippen molar-refractivity contribution in [1.29, 1.82) is 0 Å². The Hall–Kier alpha value is -2.83. The van der Waals surface area contributed by atoms with Crippen LogP contribution in [0.3, 0.4) is 0 Å². The van der Waals surface area contributed by atoms with Gasteiger partial charge in [-0.05, 0) is 30.2 Å². The fourth-order valence-electron chi connectivity index (χ4n) is 2.71. The van der Waals surface area contributed by atoms with Crippen LogP contribution >= 0.6 is 0 Å². The second-order valence-electron chi connectivity index (χ2n) is 6.03. The van der Waals surface area contributed by atoms with E-state index < -0.39 is 11.7 Å². The third-order valence-electron chi connectivity index (χ3n) is 3.97. The number of fused-ring (bicyclic) bond motifs is 1. The molecule has 3 aromatic rings. The molecule has 0 bridgehead atoms. The van der Waals surface area contributed by atoms with Crippen molar-refractivity contribution in [3.8, 4) is 0 Å². The molecule has 1 heterocycles. The first-order chi connectivity index (χ1) is 12.4. The maximum absolute atomic E-state index is 12.7. The fourth-order valence-corrected chi connectivity index (χ4v) is 2.71. The predicted octanol–water partition coefficient (Wildman–Crippen LogP) is 3.87. The number of aryl methyl sites for hydroxylation is 1. The topological polar surface area (TPSA) is 57.8 Å². The molecule has 4 nitrogen and oxygen atoms in total. The van der Waals surface area contributed by atoms with Gasteiger partial charge < -0.3 is 10.3 Å². The van der Waals surface area contributed by atoms with Crippen LogP contribution in [0.25, 0.3) is 11.0 Å². The SMILES string of the molecule is O=C(Cc1cccc(C(F)(F)F)c1)NCCCc1nc2ccccc2[nH]1. The Kier molecular flexibility index (Phi) is 5.25. The van der Waals surface area contributed by atoms with Gasteiger partial charge in [-0.25, -0.2) is 4.98 Å². The summed E-state index contributed by atoms with van der Waals surface area (Å²) in [5.74, 6) is 0.548. The van der Waals surface area contributed by atoms with Gasteiger partial charge in [0.05, 0.1) is 23.0 Å². The minimum absolute atomic E-state index is 0.0748. The number of alkyl halides is 3. The van der Waals surface area contributed by atoms with E-state index in [1.54, 1.807) is 0 Å². The number of halogens is 3. The smallest absolute Gasteiger partial charge is 0.356 e. The van der Waals surface area contributed by atoms with E-state index in [1.807, 2.05) is 24.3 Å². The van der Waals surface area contributed by atoms with Crippen LogP contribution in [0.2, 0.25) is 0 Å². The summed E-state index contributed by atoms with van der Waals surface area (Å²) in [5, 5.41) is 2.73. The van der Waals surface area contributed by atoms with Crippen molar-refractivity contribution < 1.29 is 18.0 Å². The van der Waals surface area contributed by atoms with E-state index in [9.17, 15) is 18.0 Å². The van der Waals surface area contributed by atoms with E-state index >= 15 is 0 Å². The first kappa shape index (κ1) is 18.0. The molecule has 26 heavy (non-hydrogen) atoms. The van der Waals surface area contributed by atoms with Crippen molar-refractivity contribution in [2.75, 3.05) is 6.54 Å². The number of nitrogens with one attached hydrogen (secondary N) is 2. The number of aromatic nitrogens is 2. The van der Waals surface area contributed by atoms with Gasteiger partial charge in [0.1, 0.15) is 5.82 Å². The van der Waals surface area contributed by atoms with Gasteiger partial charge in [-0.15, -0.1) is 0 Å². The van der Waals surface area contributed by atoms with Gasteiger partial charge in [-0.3, -0.25) is 4.79 Å². The first-order valence-electron chi connectivity index (χ1n) is 8.28. The van der Waals surface area contributed by atoms with Crippen LogP contribution in [0.1, 0.15) is 23.4 Å². The second kappa shape index (κ2) is 7.59. The van der Waals surface area contributed by atoms with E-state index in [1.165, 1.54) is 12.1 Å². The highest BCUT2D eigenvalue weighted by Crippen LogP contribution is 2.29. The standard InChI is InChI=1S/C19H18F3N3O/c20-19(21,22)14-6-3-5-13(11-14)12-18(26)23-10-4-9-17-24-15-7-1-2-8-16(15)25-17/h1-3,5-8,11H,4,9-10,12H2,(H,23,26)(H,24,25). The molecule has 3 rings (SSSR count). The minimum Gasteiger partial charge on any atom is -0.356 e. The van der Waals surface area contributed by atoms with Crippen LogP contribution in [-0.4, -0.2) is 22.4 Å². The summed E-state index contributed by atoms with van der Waals surface area (Å²) in [6.45, 7) is 0.439. The summed E-state index contributed by atoms with van der Waals surface area (Å²) in [6.07, 6.45) is -3.11. The molecular weight excluding hydrogens is 343 g/mol. The normalized spacial score (nSPS) is 11.7. The minimum atomic E-state index is -4.40. The molecule has 1 aromatic heterocycles. The summed E-state index contributed by atoms with van der Waals surface area (Å²) >= 11 is 0. The Morgan fingerprint density at radius 2 is 1.92 bits per heavy atom. The average molecular weight is 361 g/mol. The van der Waals surface area contributed by atoms with Gasteiger partial charge in [-0.1, -0.05) is 30.3 Å². The van der Waals surface area contributed by atoms with Crippen molar-refractivity contribution in [3.63, 3.8) is 0 Å². The van der Waals surface area contributed by atoms with Crippen molar-refractivity contribution in [1.82, 2.24) is 15.3 Å². The summed E-state index contributed by atoms with van der Waals surface area (Å²) in [6, 6.07) is 12.5. The number of imidazole rings is 1. The van der Waals surface area contributed by atoms with Crippen molar-refractivity contribution in [2.24, 2.45) is 0 Å². The zero-order chi connectivity index (χ0) is 18.6. The van der Waals surface area contributed by atoms with Gasteiger partial charge in [0.15, 0.2) is 0 Å². The Morgan fingerprint density at radius 1 is 1.12 bits per heavy atom. The molecule has 0 aliphatic carbocycles. The third kappa shape index (κ3) is 4.62. The molecule has 1 amide bonds. The number of aromatic amines is 1. The summed E-state index contributed by atoms with van der Waals surface area (Å²) < 4.78 is 38.0. The van der Waals surface area contributed by atoms with E-state index in [2.05, 4.69) is 15.3 Å². The number of H-pyrrole nitrogens is 1. The molecule has 0 saturated heterocycles. The Balaban J connectivity index is 1.45. The molecule has 136 valence electrons. The van der Waals surface area contributed by atoms with Crippen LogP contribution in [-0.2, 0) is 23.8 Å². The number of benzene rings is 2. The van der Waals surface area contributed by atoms with Gasteiger partial charge >= 0.3 is 6.18 Å². The second-order valence-corrected chi connectivity index (χ2v) is 6.03. The van der Waals surface area contributed by atoms with Gasteiger partial charge in [0.2, 0.25) is 5.91 Å². The molecule has 0 saturated carbocycles. The van der Waals surface area contributed by atoms with Gasteiger partial charge in [-0.2, -0.15) is 13.2 Å². The van der Waals surface area contributed by atoms with Gasteiger partial charge in [0.25, 0.3) is 0 Å². The molecule has 2 aromatic carbocycles. The lowest BCUT2D eigenvalue weighted by atomic mass is 10.1. The van der Waals surface area contributed by atoms with Crippen LogP contribution < -0.4 is 5.32 Å². The van der Waals surface area contributed by atoms with Crippen LogP contribution in [0, 0.1) is 0 Å². The van der Waals surface area contributed by atoms with Crippen molar-refractivity contribution in [2.45, 2.75) is 25.4 Å². The van der Waals surface area contributed by atoms with Crippen molar-refractivity contribution in [3.05, 3.63) is 65.5 Å². The number of amides is 1. The van der Waals surface area contributed by atoms with E-state index in [4.69, 9.17) is 0 Å². The number of hydrogen-bond acceptors (Lipinski definition) is 2. The number of hydrogen-bond donors (Lipinski definition) is 2. The quantitative estimate of drug-likeness (QED) is 0.655. The average Bonchev–Trinajstić information content (AvgIpc) is 3.01. The zero-order valence-corrected chi connectivity index (χ0v) is 13.9. The molecule has 2 N–H and O–H groups in total. The predicted molar refractivity (Wildman–Crippen MR) is 92.6 cm³/mol. The molecule has 0 spiro atoms. The van der Waals surface area contributed by atoms with Crippen LogP contribution in [0.5, 0.6) is 0 Å². The molecule has 7 heteroatoms. The number of para-hydroxylation sites is 2. The first-order valence-corrected chi connectivity index (χ1v) is 8.28. The summed E-state index contributed by atoms with van der Waals surface area (Å²) in [7, 11) is 0. The monoisotopic (exact) mass is 361 g/mol. The van der Waals surface area contributed by atoms with Gasteiger partial charge in [0, 0.05) is 13.0 Å². The summed E-state index contributed by atoms with van der Waals surface area (Å²) in [5.41, 5.74) is 1.47. The number of carbonyl (C=O) groups excluding carboxylic acids is 1. The lowest BCUT2D eigenvalue weighted by Crippen LogP contribution is -2.26. The molecule has 0 atom stereocenters. The lowest BCUT2D eigenvalue weighted by Gasteiger charge is -2.09. The van der Waals surface area contributed by atoms with E-state index in [-0.39, 0.29) is 12.3 Å². The molecule has 0 aliphatic rings. The highest BCUT2D eigenvalue weighted by Gasteiger charge is 2.30. The molecular formula is C19H18F3N3O. The molecule has 0 fully saturated rings. The largest absolute Gasteiger partial charge is 0.416 e. The zero-order valence-electron chi connectivity index (χ0n) is 13.9. The van der Waals surface area contributed by atoms with E-state index in [0.29, 0.717) is 24.9 Å². The fraction of sp³-hybridized carbons (Fsp3) is 0.263. The highest BCUT2D eigenvalue weighted by atomic mass is 19.4. The van der Waals surface area contributed by atoms with Crippen LogP contribution in [0.15, 0.2) is 48.5 Å². The van der Waals surface area contributed by atoms with Crippen molar-refractivity contribution >= 4 is 16.9 Å². The maximum atomic E-state index is 12.7. The molecule has 0 unspecified atom stereocenters. The number of carbonyl (C=O) groups is 1. The highest BCUT2D eigenvalue weighted by molar-refractivity contribution is 5.78. The Labute approximate surface area is 148 Å². The number of nitrogens with zero attached hydrogens (tertiary/aromatic N) is 1. The summed E-state index contributed by atoms with van der Waals surface area (Å²) in [4.78, 5) is 19.6. The number of rotatable bonds is 6. The Bertz CT molecular complexity index is 869. The van der Waals surface area contributed by atoms with Crippen LogP contribution in [0.4, 0.5) is 13.2 Å². The molecule has 0 radical (unpaired) electrons. The maximum Gasteiger partial charge on any atom is 0.416 e. The third-order valence-corrected chi connectivity index (χ3v) is 3.97. The molecule has 0 aliphatic heterocycles. The lowest BCUT2D eigenvalue weighted by molar-refractivity contribution is -0.137. The Morgan fingerprint density at radius 3 is 2.69 bits per heavy atom. The van der Waals surface area contributed by atoms with E-state index in [0.717, 1.165) is 29.0 Å².